The standard InChI is InChI=1S/C33H47F5O4/c1-31-18-16-26-25-13-12-24(39)20-23(25)19-22(29(26)27(31)14-15-28(31)40)10-7-5-3-2-4-6-9-21(30(41)42)11-8-17-32(34,35)33(36,37)38/h12-13,20-22,26-29,39-40H,2-11,14-19H2,1H3,(H,41,42)/t21?,22?,26?,27?,28?,29?,31-/m0/s1. The summed E-state index contributed by atoms with van der Waals surface area (Å²) in [5, 5.41) is 30.4. The number of carbonyl (C=O) groups is 1. The summed E-state index contributed by atoms with van der Waals surface area (Å²) in [6.07, 6.45) is 4.04. The Balaban J connectivity index is 1.21. The van der Waals surface area contributed by atoms with Gasteiger partial charge in [-0.15, -0.1) is 0 Å². The highest BCUT2D eigenvalue weighted by atomic mass is 19.4. The smallest absolute Gasteiger partial charge is 0.453 e. The van der Waals surface area contributed by atoms with Gasteiger partial charge in [-0.05, 0) is 110 Å². The molecule has 0 amide bonds. The quantitative estimate of drug-likeness (QED) is 0.147. The number of hydrogen-bond acceptors (Lipinski definition) is 3. The summed E-state index contributed by atoms with van der Waals surface area (Å²) in [5.74, 6) is -4.46. The second-order valence-electron chi connectivity index (χ2n) is 13.6. The molecule has 6 unspecified atom stereocenters. The molecule has 7 atom stereocenters. The van der Waals surface area contributed by atoms with Crippen molar-refractivity contribution in [2.75, 3.05) is 0 Å². The molecule has 9 heteroatoms. The van der Waals surface area contributed by atoms with Crippen LogP contribution in [-0.4, -0.2) is 39.5 Å². The SMILES string of the molecule is C[C@]12CCC3c4ccc(O)cc4CC(CCCCCCCCC(CCCC(F)(F)C(F)(F)F)C(=O)O)C3C1CCC2O. The van der Waals surface area contributed by atoms with Crippen molar-refractivity contribution in [1.29, 1.82) is 0 Å². The molecule has 1 aromatic rings. The Bertz CT molecular complexity index is 1060. The van der Waals surface area contributed by atoms with Gasteiger partial charge in [0, 0.05) is 6.42 Å². The van der Waals surface area contributed by atoms with Gasteiger partial charge in [0.25, 0.3) is 0 Å². The first kappa shape index (κ1) is 33.0. The zero-order valence-electron chi connectivity index (χ0n) is 24.6. The van der Waals surface area contributed by atoms with Crippen LogP contribution in [0.3, 0.4) is 0 Å². The first-order valence-electron chi connectivity index (χ1n) is 15.9. The van der Waals surface area contributed by atoms with E-state index < -0.39 is 36.8 Å². The Morgan fingerprint density at radius 2 is 1.64 bits per heavy atom. The number of aliphatic hydroxyl groups is 1. The van der Waals surface area contributed by atoms with Crippen molar-refractivity contribution in [2.24, 2.45) is 29.1 Å². The number of halogens is 5. The van der Waals surface area contributed by atoms with Gasteiger partial charge in [-0.25, -0.2) is 0 Å². The van der Waals surface area contributed by atoms with E-state index in [-0.39, 0.29) is 24.4 Å². The third-order valence-electron chi connectivity index (χ3n) is 11.0. The minimum absolute atomic E-state index is 0.0130. The average Bonchev–Trinajstić information content (AvgIpc) is 3.21. The summed E-state index contributed by atoms with van der Waals surface area (Å²) in [6.45, 7) is 2.28. The van der Waals surface area contributed by atoms with Crippen molar-refractivity contribution >= 4 is 5.97 Å². The molecular formula is C33H47F5O4. The zero-order chi connectivity index (χ0) is 30.7. The molecule has 3 aliphatic rings. The number of phenolic OH excluding ortho intramolecular Hbond substituents is 1. The maximum Gasteiger partial charge on any atom is 0.453 e. The van der Waals surface area contributed by atoms with Crippen molar-refractivity contribution in [1.82, 2.24) is 0 Å². The van der Waals surface area contributed by atoms with Crippen molar-refractivity contribution in [2.45, 2.75) is 134 Å². The molecule has 3 N–H and O–H groups in total. The first-order chi connectivity index (χ1) is 19.7. The lowest BCUT2D eigenvalue weighted by Crippen LogP contribution is -2.47. The van der Waals surface area contributed by atoms with Gasteiger partial charge in [0.15, 0.2) is 0 Å². The molecule has 0 saturated heterocycles. The normalized spacial score (nSPS) is 29.9. The number of aromatic hydroxyl groups is 1. The molecule has 0 spiro atoms. The van der Waals surface area contributed by atoms with E-state index in [0.29, 0.717) is 35.8 Å². The topological polar surface area (TPSA) is 77.8 Å². The first-order valence-corrected chi connectivity index (χ1v) is 15.9. The third kappa shape index (κ3) is 7.24. The van der Waals surface area contributed by atoms with Crippen molar-refractivity contribution < 1.29 is 42.1 Å². The summed E-state index contributed by atoms with van der Waals surface area (Å²) >= 11 is 0. The number of benzene rings is 1. The van der Waals surface area contributed by atoms with Gasteiger partial charge in [-0.2, -0.15) is 22.0 Å². The predicted octanol–water partition coefficient (Wildman–Crippen LogP) is 9.02. The second kappa shape index (κ2) is 13.4. The zero-order valence-corrected chi connectivity index (χ0v) is 24.6. The number of aliphatic hydroxyl groups excluding tert-OH is 1. The molecule has 4 nitrogen and oxygen atoms in total. The fourth-order valence-corrected chi connectivity index (χ4v) is 8.64. The molecule has 2 saturated carbocycles. The monoisotopic (exact) mass is 602 g/mol. The highest BCUT2D eigenvalue weighted by Gasteiger charge is 2.57. The lowest BCUT2D eigenvalue weighted by atomic mass is 9.52. The molecule has 238 valence electrons. The molecule has 42 heavy (non-hydrogen) atoms. The Kier molecular flexibility index (Phi) is 10.5. The number of carboxylic acids is 1. The molecule has 2 fully saturated rings. The summed E-state index contributed by atoms with van der Waals surface area (Å²) in [7, 11) is 0. The van der Waals surface area contributed by atoms with E-state index in [1.54, 1.807) is 6.07 Å². The maximum atomic E-state index is 13.1. The molecule has 0 aliphatic heterocycles. The van der Waals surface area contributed by atoms with Gasteiger partial charge in [-0.1, -0.05) is 51.5 Å². The van der Waals surface area contributed by atoms with Crippen LogP contribution >= 0.6 is 0 Å². The molecule has 0 aromatic heterocycles. The van der Waals surface area contributed by atoms with Gasteiger partial charge in [0.2, 0.25) is 0 Å². The largest absolute Gasteiger partial charge is 0.508 e. The van der Waals surface area contributed by atoms with Crippen LogP contribution in [0.5, 0.6) is 5.75 Å². The van der Waals surface area contributed by atoms with Gasteiger partial charge in [0.1, 0.15) is 5.75 Å². The molecule has 3 aliphatic carbocycles. The van der Waals surface area contributed by atoms with Gasteiger partial charge in [0.05, 0.1) is 12.0 Å². The van der Waals surface area contributed by atoms with E-state index in [9.17, 15) is 42.1 Å². The van der Waals surface area contributed by atoms with Crippen LogP contribution in [0.2, 0.25) is 0 Å². The lowest BCUT2D eigenvalue weighted by molar-refractivity contribution is -0.284. The minimum Gasteiger partial charge on any atom is -0.508 e. The van der Waals surface area contributed by atoms with Crippen LogP contribution in [0.4, 0.5) is 22.0 Å². The summed E-state index contributed by atoms with van der Waals surface area (Å²) < 4.78 is 63.3. The molecule has 4 rings (SSSR count). The predicted molar refractivity (Wildman–Crippen MR) is 151 cm³/mol. The van der Waals surface area contributed by atoms with Crippen LogP contribution < -0.4 is 0 Å². The molecule has 0 radical (unpaired) electrons. The maximum absolute atomic E-state index is 13.1. The van der Waals surface area contributed by atoms with Crippen LogP contribution in [0.15, 0.2) is 18.2 Å². The fraction of sp³-hybridized carbons (Fsp3) is 0.788. The summed E-state index contributed by atoms with van der Waals surface area (Å²) in [6, 6.07) is 5.85. The minimum atomic E-state index is -5.60. The number of hydrogen-bond donors (Lipinski definition) is 3. The molecule has 0 bridgehead atoms. The third-order valence-corrected chi connectivity index (χ3v) is 11.0. The van der Waals surface area contributed by atoms with Crippen molar-refractivity contribution in [3.63, 3.8) is 0 Å². The Labute approximate surface area is 246 Å². The van der Waals surface area contributed by atoms with Gasteiger partial charge >= 0.3 is 18.1 Å². The number of fused-ring (bicyclic) bond motifs is 5. The highest BCUT2D eigenvalue weighted by Crippen LogP contribution is 2.62. The number of aliphatic carboxylic acids is 1. The number of rotatable bonds is 14. The van der Waals surface area contributed by atoms with E-state index >= 15 is 0 Å². The summed E-state index contributed by atoms with van der Waals surface area (Å²) in [5.41, 5.74) is 2.63. The number of unbranched alkanes of at least 4 members (excludes halogenated alkanes) is 5. The van der Waals surface area contributed by atoms with Crippen molar-refractivity contribution in [3.05, 3.63) is 29.3 Å². The highest BCUT2D eigenvalue weighted by molar-refractivity contribution is 5.69. The van der Waals surface area contributed by atoms with Crippen LogP contribution in [0, 0.1) is 29.1 Å². The lowest BCUT2D eigenvalue weighted by Gasteiger charge is -2.53. The number of carboxylic acid groups (broad SMARTS) is 1. The molecular weight excluding hydrogens is 555 g/mol. The Morgan fingerprint density at radius 3 is 2.33 bits per heavy atom. The fourth-order valence-electron chi connectivity index (χ4n) is 8.64. The van der Waals surface area contributed by atoms with Gasteiger partial charge < -0.3 is 15.3 Å². The Morgan fingerprint density at radius 1 is 0.976 bits per heavy atom. The van der Waals surface area contributed by atoms with Crippen LogP contribution in [0.1, 0.15) is 120 Å². The van der Waals surface area contributed by atoms with E-state index in [2.05, 4.69) is 13.0 Å². The van der Waals surface area contributed by atoms with E-state index in [0.717, 1.165) is 70.6 Å². The van der Waals surface area contributed by atoms with Crippen LogP contribution in [0.25, 0.3) is 0 Å². The Hall–Kier alpha value is -1.90. The molecule has 0 heterocycles. The van der Waals surface area contributed by atoms with Crippen LogP contribution in [-0.2, 0) is 11.2 Å². The molecule has 1 aromatic carbocycles. The van der Waals surface area contributed by atoms with Gasteiger partial charge in [-0.3, -0.25) is 4.79 Å². The van der Waals surface area contributed by atoms with E-state index in [1.165, 1.54) is 11.1 Å². The van der Waals surface area contributed by atoms with Crippen molar-refractivity contribution in [3.8, 4) is 5.75 Å². The van der Waals surface area contributed by atoms with E-state index in [4.69, 9.17) is 0 Å². The number of alkyl halides is 5. The summed E-state index contributed by atoms with van der Waals surface area (Å²) in [4.78, 5) is 11.5. The average molecular weight is 603 g/mol. The van der Waals surface area contributed by atoms with E-state index in [1.807, 2.05) is 6.07 Å². The number of phenols is 1. The second-order valence-corrected chi connectivity index (χ2v) is 13.6.